The molecule has 0 fully saturated rings. The van der Waals surface area contributed by atoms with Gasteiger partial charge in [-0.05, 0) is 54.3 Å². The molecule has 0 heterocycles. The number of esters is 1. The highest BCUT2D eigenvalue weighted by Gasteiger charge is 2.34. The number of carbonyl (C=O) groups is 1. The summed E-state index contributed by atoms with van der Waals surface area (Å²) >= 11 is 2.23. The van der Waals surface area contributed by atoms with E-state index in [1.54, 1.807) is 14.0 Å². The SMILES string of the molecule is CNC(C)(C(=O)OC)c1ccc(I)cc1. The minimum Gasteiger partial charge on any atom is -0.467 e. The number of halogens is 1. The third-order valence-corrected chi connectivity index (χ3v) is 3.23. The van der Waals surface area contributed by atoms with E-state index in [0.29, 0.717) is 0 Å². The topological polar surface area (TPSA) is 38.3 Å². The summed E-state index contributed by atoms with van der Waals surface area (Å²) in [4.78, 5) is 11.7. The Morgan fingerprint density at radius 1 is 1.40 bits per heavy atom. The molecule has 0 bridgehead atoms. The van der Waals surface area contributed by atoms with Crippen LogP contribution in [0.2, 0.25) is 0 Å². The smallest absolute Gasteiger partial charge is 0.330 e. The fourth-order valence-corrected chi connectivity index (χ4v) is 1.71. The third-order valence-electron chi connectivity index (χ3n) is 2.52. The summed E-state index contributed by atoms with van der Waals surface area (Å²) in [5.41, 5.74) is 0.122. The Balaban J connectivity index is 3.11. The second-order valence-corrected chi connectivity index (χ2v) is 4.62. The molecule has 0 aliphatic heterocycles. The summed E-state index contributed by atoms with van der Waals surface area (Å²) in [5, 5.41) is 2.99. The van der Waals surface area contributed by atoms with Crippen LogP contribution in [0.1, 0.15) is 12.5 Å². The lowest BCUT2D eigenvalue weighted by Gasteiger charge is -2.26. The molecule has 0 spiro atoms. The molecule has 1 rings (SSSR count). The molecule has 0 saturated carbocycles. The van der Waals surface area contributed by atoms with Gasteiger partial charge in [-0.15, -0.1) is 0 Å². The van der Waals surface area contributed by atoms with Gasteiger partial charge in [0.1, 0.15) is 5.54 Å². The highest BCUT2D eigenvalue weighted by molar-refractivity contribution is 14.1. The van der Waals surface area contributed by atoms with E-state index in [1.807, 2.05) is 24.3 Å². The molecule has 1 aromatic rings. The van der Waals surface area contributed by atoms with Crippen LogP contribution in [0.15, 0.2) is 24.3 Å². The van der Waals surface area contributed by atoms with Crippen molar-refractivity contribution < 1.29 is 9.53 Å². The second kappa shape index (κ2) is 4.94. The standard InChI is InChI=1S/C11H14INO2/c1-11(13-2,10(14)15-3)8-4-6-9(12)7-5-8/h4-7,13H,1-3H3. The van der Waals surface area contributed by atoms with E-state index in [9.17, 15) is 4.79 Å². The first-order chi connectivity index (χ1) is 7.04. The van der Waals surface area contributed by atoms with E-state index in [-0.39, 0.29) is 5.97 Å². The number of nitrogens with one attached hydrogen (secondary N) is 1. The fourth-order valence-electron chi connectivity index (χ4n) is 1.35. The molecule has 1 aromatic carbocycles. The average Bonchev–Trinajstić information content (AvgIpc) is 2.27. The van der Waals surface area contributed by atoms with Crippen LogP contribution in [0.5, 0.6) is 0 Å². The minimum atomic E-state index is -0.779. The van der Waals surface area contributed by atoms with Crippen molar-refractivity contribution in [2.24, 2.45) is 0 Å². The fraction of sp³-hybridized carbons (Fsp3) is 0.364. The van der Waals surface area contributed by atoms with Gasteiger partial charge in [-0.25, -0.2) is 4.79 Å². The van der Waals surface area contributed by atoms with Crippen LogP contribution >= 0.6 is 22.6 Å². The molecule has 4 heteroatoms. The van der Waals surface area contributed by atoms with Crippen LogP contribution in [-0.4, -0.2) is 20.1 Å². The largest absolute Gasteiger partial charge is 0.467 e. The van der Waals surface area contributed by atoms with E-state index in [2.05, 4.69) is 27.9 Å². The van der Waals surface area contributed by atoms with Crippen molar-refractivity contribution in [1.29, 1.82) is 0 Å². The first-order valence-corrected chi connectivity index (χ1v) is 5.66. The van der Waals surface area contributed by atoms with Gasteiger partial charge in [0.15, 0.2) is 0 Å². The first kappa shape index (κ1) is 12.4. The van der Waals surface area contributed by atoms with Crippen molar-refractivity contribution >= 4 is 28.6 Å². The van der Waals surface area contributed by atoms with Gasteiger partial charge >= 0.3 is 5.97 Å². The van der Waals surface area contributed by atoms with Crippen molar-refractivity contribution in [2.75, 3.05) is 14.2 Å². The molecule has 0 aromatic heterocycles. The van der Waals surface area contributed by atoms with E-state index in [0.717, 1.165) is 9.13 Å². The summed E-state index contributed by atoms with van der Waals surface area (Å²) in [7, 11) is 3.14. The molecule has 1 N–H and O–H groups in total. The normalized spacial score (nSPS) is 14.4. The molecule has 0 aliphatic carbocycles. The number of ether oxygens (including phenoxy) is 1. The van der Waals surface area contributed by atoms with Gasteiger partial charge in [-0.3, -0.25) is 0 Å². The molecule has 0 saturated heterocycles. The van der Waals surface area contributed by atoms with E-state index in [1.165, 1.54) is 7.11 Å². The van der Waals surface area contributed by atoms with E-state index in [4.69, 9.17) is 4.74 Å². The van der Waals surface area contributed by atoms with Crippen LogP contribution < -0.4 is 5.32 Å². The number of hydrogen-bond donors (Lipinski definition) is 1. The Labute approximate surface area is 103 Å². The number of benzene rings is 1. The van der Waals surface area contributed by atoms with Gasteiger partial charge in [0.2, 0.25) is 0 Å². The molecule has 0 aliphatic rings. The lowest BCUT2D eigenvalue weighted by atomic mass is 9.92. The van der Waals surface area contributed by atoms with Crippen LogP contribution in [0.4, 0.5) is 0 Å². The number of hydrogen-bond acceptors (Lipinski definition) is 3. The van der Waals surface area contributed by atoms with Crippen molar-refractivity contribution in [1.82, 2.24) is 5.32 Å². The lowest BCUT2D eigenvalue weighted by molar-refractivity contribution is -0.148. The maximum absolute atomic E-state index is 11.7. The summed E-state index contributed by atoms with van der Waals surface area (Å²) in [6.07, 6.45) is 0. The Hall–Kier alpha value is -0.620. The summed E-state index contributed by atoms with van der Waals surface area (Å²) in [6, 6.07) is 7.78. The molecule has 1 unspecified atom stereocenters. The highest BCUT2D eigenvalue weighted by Crippen LogP contribution is 2.22. The second-order valence-electron chi connectivity index (χ2n) is 3.37. The zero-order valence-corrected chi connectivity index (χ0v) is 11.2. The molecular weight excluding hydrogens is 305 g/mol. The van der Waals surface area contributed by atoms with Gasteiger partial charge < -0.3 is 10.1 Å². The number of carbonyl (C=O) groups excluding carboxylic acids is 1. The summed E-state index contributed by atoms with van der Waals surface area (Å²) in [5.74, 6) is -0.286. The predicted molar refractivity (Wildman–Crippen MR) is 67.6 cm³/mol. The van der Waals surface area contributed by atoms with Crippen molar-refractivity contribution in [2.45, 2.75) is 12.5 Å². The molecule has 15 heavy (non-hydrogen) atoms. The minimum absolute atomic E-state index is 0.286. The number of likely N-dealkylation sites (N-methyl/N-ethyl adjacent to an activating group) is 1. The van der Waals surface area contributed by atoms with Gasteiger partial charge in [-0.1, -0.05) is 12.1 Å². The predicted octanol–water partition coefficient (Wildman–Crippen LogP) is 1.90. The molecule has 1 atom stereocenters. The van der Waals surface area contributed by atoms with Gasteiger partial charge in [-0.2, -0.15) is 0 Å². The molecule has 0 amide bonds. The van der Waals surface area contributed by atoms with Gasteiger partial charge in [0.05, 0.1) is 7.11 Å². The van der Waals surface area contributed by atoms with Gasteiger partial charge in [0.25, 0.3) is 0 Å². The summed E-state index contributed by atoms with van der Waals surface area (Å²) < 4.78 is 5.93. The quantitative estimate of drug-likeness (QED) is 0.683. The van der Waals surface area contributed by atoms with E-state index < -0.39 is 5.54 Å². The van der Waals surface area contributed by atoms with Crippen molar-refractivity contribution in [3.8, 4) is 0 Å². The maximum Gasteiger partial charge on any atom is 0.330 e. The Morgan fingerprint density at radius 3 is 2.33 bits per heavy atom. The Kier molecular flexibility index (Phi) is 4.10. The van der Waals surface area contributed by atoms with Crippen molar-refractivity contribution in [3.63, 3.8) is 0 Å². The molecule has 82 valence electrons. The van der Waals surface area contributed by atoms with Crippen LogP contribution in [0.3, 0.4) is 0 Å². The molecular formula is C11H14INO2. The van der Waals surface area contributed by atoms with Crippen LogP contribution in [0, 0.1) is 3.57 Å². The van der Waals surface area contributed by atoms with E-state index >= 15 is 0 Å². The number of rotatable bonds is 3. The zero-order valence-electron chi connectivity index (χ0n) is 9.00. The average molecular weight is 319 g/mol. The van der Waals surface area contributed by atoms with Crippen molar-refractivity contribution in [3.05, 3.63) is 33.4 Å². The number of methoxy groups -OCH3 is 1. The third kappa shape index (κ3) is 2.49. The molecule has 0 radical (unpaired) electrons. The maximum atomic E-state index is 11.7. The molecule has 3 nitrogen and oxygen atoms in total. The van der Waals surface area contributed by atoms with Crippen LogP contribution in [0.25, 0.3) is 0 Å². The Morgan fingerprint density at radius 2 is 1.93 bits per heavy atom. The van der Waals surface area contributed by atoms with Gasteiger partial charge in [0, 0.05) is 3.57 Å². The first-order valence-electron chi connectivity index (χ1n) is 4.58. The highest BCUT2D eigenvalue weighted by atomic mass is 127. The zero-order chi connectivity index (χ0) is 11.5. The monoisotopic (exact) mass is 319 g/mol. The lowest BCUT2D eigenvalue weighted by Crippen LogP contribution is -2.45. The Bertz CT molecular complexity index is 350. The van der Waals surface area contributed by atoms with Crippen LogP contribution in [-0.2, 0) is 15.1 Å². The summed E-state index contributed by atoms with van der Waals surface area (Å²) in [6.45, 7) is 1.81.